The van der Waals surface area contributed by atoms with E-state index in [2.05, 4.69) is 11.9 Å². The van der Waals surface area contributed by atoms with E-state index in [1.54, 1.807) is 24.3 Å². The fourth-order valence-electron chi connectivity index (χ4n) is 1.88. The fourth-order valence-corrected chi connectivity index (χ4v) is 1.88. The summed E-state index contributed by atoms with van der Waals surface area (Å²) >= 11 is 0. The van der Waals surface area contributed by atoms with Crippen LogP contribution in [-0.2, 0) is 0 Å². The van der Waals surface area contributed by atoms with Crippen molar-refractivity contribution in [3.8, 4) is 6.07 Å². The summed E-state index contributed by atoms with van der Waals surface area (Å²) in [6, 6.07) is 8.86. The van der Waals surface area contributed by atoms with E-state index in [-0.39, 0.29) is 18.3 Å². The molecule has 1 aliphatic rings. The van der Waals surface area contributed by atoms with E-state index < -0.39 is 0 Å². The minimum atomic E-state index is 0. The SMILES string of the molecule is CN1CCN(C(=O)c2ccc(C#N)cc2)CC1.Cl. The van der Waals surface area contributed by atoms with Crippen molar-refractivity contribution in [2.24, 2.45) is 0 Å². The van der Waals surface area contributed by atoms with Crippen LogP contribution in [0.3, 0.4) is 0 Å². The normalized spacial score (nSPS) is 15.7. The molecule has 0 spiro atoms. The van der Waals surface area contributed by atoms with Crippen molar-refractivity contribution in [1.29, 1.82) is 5.26 Å². The minimum absolute atomic E-state index is 0. The summed E-state index contributed by atoms with van der Waals surface area (Å²) in [5.41, 5.74) is 1.24. The molecule has 0 aliphatic carbocycles. The summed E-state index contributed by atoms with van der Waals surface area (Å²) in [5, 5.41) is 8.69. The molecule has 0 saturated carbocycles. The van der Waals surface area contributed by atoms with Gasteiger partial charge in [0.2, 0.25) is 0 Å². The van der Waals surface area contributed by atoms with Gasteiger partial charge in [-0.15, -0.1) is 12.4 Å². The topological polar surface area (TPSA) is 47.3 Å². The highest BCUT2D eigenvalue weighted by molar-refractivity contribution is 5.94. The van der Waals surface area contributed by atoms with Gasteiger partial charge in [0.1, 0.15) is 0 Å². The van der Waals surface area contributed by atoms with Gasteiger partial charge in [-0.25, -0.2) is 0 Å². The molecule has 1 aliphatic heterocycles. The fraction of sp³-hybridized carbons (Fsp3) is 0.385. The zero-order valence-electron chi connectivity index (χ0n) is 10.3. The van der Waals surface area contributed by atoms with Crippen LogP contribution in [0, 0.1) is 11.3 Å². The van der Waals surface area contributed by atoms with Crippen LogP contribution < -0.4 is 0 Å². The van der Waals surface area contributed by atoms with Gasteiger partial charge in [-0.05, 0) is 31.3 Å². The van der Waals surface area contributed by atoms with E-state index in [4.69, 9.17) is 5.26 Å². The molecule has 18 heavy (non-hydrogen) atoms. The third kappa shape index (κ3) is 3.22. The van der Waals surface area contributed by atoms with Crippen LogP contribution in [0.1, 0.15) is 15.9 Å². The van der Waals surface area contributed by atoms with Gasteiger partial charge in [-0.2, -0.15) is 5.26 Å². The lowest BCUT2D eigenvalue weighted by atomic mass is 10.1. The number of hydrogen-bond donors (Lipinski definition) is 0. The molecule has 1 saturated heterocycles. The third-order valence-electron chi connectivity index (χ3n) is 3.05. The van der Waals surface area contributed by atoms with Gasteiger partial charge in [0.15, 0.2) is 0 Å². The van der Waals surface area contributed by atoms with Gasteiger partial charge >= 0.3 is 0 Å². The molecular formula is C13H16ClN3O. The molecule has 1 aromatic carbocycles. The highest BCUT2D eigenvalue weighted by atomic mass is 35.5. The maximum Gasteiger partial charge on any atom is 0.253 e. The highest BCUT2D eigenvalue weighted by Crippen LogP contribution is 2.09. The van der Waals surface area contributed by atoms with Crippen molar-refractivity contribution in [3.05, 3.63) is 35.4 Å². The Morgan fingerprint density at radius 2 is 1.72 bits per heavy atom. The number of rotatable bonds is 1. The first-order chi connectivity index (χ1) is 8.20. The maximum absolute atomic E-state index is 12.1. The summed E-state index contributed by atoms with van der Waals surface area (Å²) < 4.78 is 0. The van der Waals surface area contributed by atoms with E-state index in [0.717, 1.165) is 26.2 Å². The molecule has 96 valence electrons. The Morgan fingerprint density at radius 3 is 2.22 bits per heavy atom. The van der Waals surface area contributed by atoms with Crippen molar-refractivity contribution in [3.63, 3.8) is 0 Å². The Balaban J connectivity index is 0.00000162. The molecule has 0 atom stereocenters. The summed E-state index contributed by atoms with van der Waals surface area (Å²) in [7, 11) is 2.06. The van der Waals surface area contributed by atoms with Gasteiger partial charge in [0.25, 0.3) is 5.91 Å². The van der Waals surface area contributed by atoms with Gasteiger partial charge in [0, 0.05) is 31.7 Å². The molecule has 4 nitrogen and oxygen atoms in total. The predicted octanol–water partition coefficient (Wildman–Crippen LogP) is 1.37. The average molecular weight is 266 g/mol. The number of amides is 1. The Hall–Kier alpha value is -1.57. The molecule has 1 aromatic rings. The van der Waals surface area contributed by atoms with Crippen molar-refractivity contribution in [2.45, 2.75) is 0 Å². The zero-order valence-corrected chi connectivity index (χ0v) is 11.1. The molecule has 1 fully saturated rings. The minimum Gasteiger partial charge on any atom is -0.336 e. The lowest BCUT2D eigenvalue weighted by Gasteiger charge is -2.32. The number of halogens is 1. The van der Waals surface area contributed by atoms with Crippen molar-refractivity contribution in [1.82, 2.24) is 9.80 Å². The lowest BCUT2D eigenvalue weighted by molar-refractivity contribution is 0.0664. The molecule has 0 N–H and O–H groups in total. The van der Waals surface area contributed by atoms with Crippen LogP contribution in [0.5, 0.6) is 0 Å². The van der Waals surface area contributed by atoms with Crippen molar-refractivity contribution in [2.75, 3.05) is 33.2 Å². The first-order valence-corrected chi connectivity index (χ1v) is 5.68. The second kappa shape index (κ2) is 6.39. The molecule has 5 heteroatoms. The Morgan fingerprint density at radius 1 is 1.17 bits per heavy atom. The Labute approximate surface area is 113 Å². The number of nitrogens with zero attached hydrogens (tertiary/aromatic N) is 3. The first kappa shape index (κ1) is 14.5. The molecule has 0 unspecified atom stereocenters. The molecule has 0 aromatic heterocycles. The average Bonchev–Trinajstić information content (AvgIpc) is 2.39. The number of carbonyl (C=O) groups excluding carboxylic acids is 1. The van der Waals surface area contributed by atoms with Crippen LogP contribution in [0.2, 0.25) is 0 Å². The van der Waals surface area contributed by atoms with Crippen molar-refractivity contribution >= 4 is 18.3 Å². The standard InChI is InChI=1S/C13H15N3O.ClH/c1-15-6-8-16(9-7-15)13(17)12-4-2-11(10-14)3-5-12;/h2-5H,6-9H2,1H3;1H. The van der Waals surface area contributed by atoms with Crippen LogP contribution in [0.25, 0.3) is 0 Å². The molecule has 0 bridgehead atoms. The highest BCUT2D eigenvalue weighted by Gasteiger charge is 2.19. The molecular weight excluding hydrogens is 250 g/mol. The quantitative estimate of drug-likeness (QED) is 0.771. The Bertz CT molecular complexity index is 444. The summed E-state index contributed by atoms with van der Waals surface area (Å²) in [6.07, 6.45) is 0. The van der Waals surface area contributed by atoms with Gasteiger partial charge in [-0.3, -0.25) is 4.79 Å². The number of nitriles is 1. The smallest absolute Gasteiger partial charge is 0.253 e. The number of likely N-dealkylation sites (N-methyl/N-ethyl adjacent to an activating group) is 1. The summed E-state index contributed by atoms with van der Waals surface area (Å²) in [4.78, 5) is 16.2. The molecule has 2 rings (SSSR count). The van der Waals surface area contributed by atoms with E-state index in [1.165, 1.54) is 0 Å². The number of carbonyl (C=O) groups is 1. The molecule has 0 radical (unpaired) electrons. The van der Waals surface area contributed by atoms with Crippen molar-refractivity contribution < 1.29 is 4.79 Å². The lowest BCUT2D eigenvalue weighted by Crippen LogP contribution is -2.47. The second-order valence-electron chi connectivity index (χ2n) is 4.28. The third-order valence-corrected chi connectivity index (χ3v) is 3.05. The second-order valence-corrected chi connectivity index (χ2v) is 4.28. The van der Waals surface area contributed by atoms with Crippen LogP contribution >= 0.6 is 12.4 Å². The zero-order chi connectivity index (χ0) is 12.3. The van der Waals surface area contributed by atoms with Gasteiger partial charge < -0.3 is 9.80 Å². The van der Waals surface area contributed by atoms with Crippen LogP contribution in [0.4, 0.5) is 0 Å². The first-order valence-electron chi connectivity index (χ1n) is 5.68. The summed E-state index contributed by atoms with van der Waals surface area (Å²) in [6.45, 7) is 3.38. The van der Waals surface area contributed by atoms with Crippen LogP contribution in [-0.4, -0.2) is 48.9 Å². The monoisotopic (exact) mass is 265 g/mol. The largest absolute Gasteiger partial charge is 0.336 e. The predicted molar refractivity (Wildman–Crippen MR) is 71.8 cm³/mol. The maximum atomic E-state index is 12.1. The van der Waals surface area contributed by atoms with E-state index in [1.807, 2.05) is 11.0 Å². The number of piperazine rings is 1. The number of benzene rings is 1. The molecule has 1 amide bonds. The Kier molecular flexibility index (Phi) is 5.14. The summed E-state index contributed by atoms with van der Waals surface area (Å²) in [5.74, 6) is 0.0580. The van der Waals surface area contributed by atoms with E-state index >= 15 is 0 Å². The van der Waals surface area contributed by atoms with Gasteiger partial charge in [-0.1, -0.05) is 0 Å². The van der Waals surface area contributed by atoms with E-state index in [9.17, 15) is 4.79 Å². The number of hydrogen-bond acceptors (Lipinski definition) is 3. The molecule has 1 heterocycles. The van der Waals surface area contributed by atoms with E-state index in [0.29, 0.717) is 11.1 Å². The van der Waals surface area contributed by atoms with Crippen LogP contribution in [0.15, 0.2) is 24.3 Å². The van der Waals surface area contributed by atoms with Gasteiger partial charge in [0.05, 0.1) is 11.6 Å².